The topological polar surface area (TPSA) is 78.4 Å². The highest BCUT2D eigenvalue weighted by atomic mass is 32.1. The van der Waals surface area contributed by atoms with Crippen molar-refractivity contribution in [3.8, 4) is 0 Å². The van der Waals surface area contributed by atoms with Gasteiger partial charge in [-0.25, -0.2) is 9.97 Å². The van der Waals surface area contributed by atoms with Gasteiger partial charge in [0.2, 0.25) is 5.91 Å². The van der Waals surface area contributed by atoms with Crippen LogP contribution in [-0.4, -0.2) is 70.3 Å². The largest absolute Gasteiger partial charge is 0.352 e. The second kappa shape index (κ2) is 7.16. The van der Waals surface area contributed by atoms with E-state index in [-0.39, 0.29) is 11.8 Å². The highest BCUT2D eigenvalue weighted by Crippen LogP contribution is 2.32. The number of nitrogens with zero attached hydrogens (tertiary/aromatic N) is 4. The smallest absolute Gasteiger partial charge is 0.264 e. The van der Waals surface area contributed by atoms with E-state index in [4.69, 9.17) is 0 Å². The van der Waals surface area contributed by atoms with Crippen molar-refractivity contribution in [3.05, 3.63) is 22.0 Å². The molecule has 0 spiro atoms. The number of fused-ring (bicyclic) bond motifs is 1. The maximum Gasteiger partial charge on any atom is 0.264 e. The number of piperazine rings is 1. The number of rotatable bonds is 4. The average Bonchev–Trinajstić information content (AvgIpc) is 3.36. The van der Waals surface area contributed by atoms with Gasteiger partial charge in [0.1, 0.15) is 10.7 Å². The Labute approximate surface area is 162 Å². The van der Waals surface area contributed by atoms with Crippen molar-refractivity contribution in [2.75, 3.05) is 32.7 Å². The monoisotopic (exact) mass is 387 g/mol. The molecule has 2 aliphatic rings. The third kappa shape index (κ3) is 3.82. The van der Waals surface area contributed by atoms with Crippen molar-refractivity contribution in [3.63, 3.8) is 0 Å². The Morgan fingerprint density at radius 1 is 1.11 bits per heavy atom. The lowest BCUT2D eigenvalue weighted by Gasteiger charge is -2.34. The maximum absolute atomic E-state index is 13.1. The summed E-state index contributed by atoms with van der Waals surface area (Å²) in [4.78, 5) is 39.6. The van der Waals surface area contributed by atoms with Gasteiger partial charge in [0.25, 0.3) is 5.91 Å². The van der Waals surface area contributed by atoms with Gasteiger partial charge >= 0.3 is 0 Å². The van der Waals surface area contributed by atoms with Gasteiger partial charge in [-0.1, -0.05) is 0 Å². The first-order chi connectivity index (χ1) is 12.9. The summed E-state index contributed by atoms with van der Waals surface area (Å²) < 4.78 is 0. The van der Waals surface area contributed by atoms with Gasteiger partial charge in [-0.05, 0) is 39.2 Å². The number of aromatic nitrogens is 2. The van der Waals surface area contributed by atoms with Crippen LogP contribution in [0.1, 0.15) is 39.6 Å². The van der Waals surface area contributed by atoms with Crippen LogP contribution >= 0.6 is 11.3 Å². The lowest BCUT2D eigenvalue weighted by atomic mass is 10.1. The number of carbonyl (C=O) groups is 2. The van der Waals surface area contributed by atoms with Gasteiger partial charge in [-0.3, -0.25) is 14.5 Å². The van der Waals surface area contributed by atoms with Gasteiger partial charge in [0, 0.05) is 43.3 Å². The van der Waals surface area contributed by atoms with Crippen molar-refractivity contribution >= 4 is 33.4 Å². The van der Waals surface area contributed by atoms with Crippen LogP contribution in [0.4, 0.5) is 0 Å². The van der Waals surface area contributed by atoms with Gasteiger partial charge in [0.15, 0.2) is 0 Å². The van der Waals surface area contributed by atoms with E-state index in [9.17, 15) is 9.59 Å². The van der Waals surface area contributed by atoms with Gasteiger partial charge in [-0.2, -0.15) is 0 Å². The van der Waals surface area contributed by atoms with Crippen LogP contribution in [0, 0.1) is 20.8 Å². The van der Waals surface area contributed by atoms with Crippen molar-refractivity contribution in [1.82, 2.24) is 25.1 Å². The summed E-state index contributed by atoms with van der Waals surface area (Å²) in [5.41, 5.74) is 1.90. The highest BCUT2D eigenvalue weighted by molar-refractivity contribution is 7.20. The maximum atomic E-state index is 13.1. The van der Waals surface area contributed by atoms with Crippen LogP contribution in [0.5, 0.6) is 0 Å². The Hall–Kier alpha value is -2.06. The second-order valence-electron chi connectivity index (χ2n) is 7.50. The van der Waals surface area contributed by atoms with Crippen LogP contribution in [-0.2, 0) is 4.79 Å². The van der Waals surface area contributed by atoms with E-state index in [0.717, 1.165) is 58.1 Å². The third-order valence-corrected chi connectivity index (χ3v) is 6.42. The number of hydrogen-bond donors (Lipinski definition) is 1. The summed E-state index contributed by atoms with van der Waals surface area (Å²) in [6, 6.07) is 0.395. The van der Waals surface area contributed by atoms with Crippen molar-refractivity contribution in [2.24, 2.45) is 0 Å². The first-order valence-corrected chi connectivity index (χ1v) is 10.3. The van der Waals surface area contributed by atoms with Crippen LogP contribution in [0.15, 0.2) is 0 Å². The molecule has 144 valence electrons. The highest BCUT2D eigenvalue weighted by Gasteiger charge is 2.28. The van der Waals surface area contributed by atoms with E-state index in [1.54, 1.807) is 0 Å². The Morgan fingerprint density at radius 3 is 2.48 bits per heavy atom. The molecule has 7 nitrogen and oxygen atoms in total. The zero-order valence-corrected chi connectivity index (χ0v) is 16.9. The molecule has 0 radical (unpaired) electrons. The van der Waals surface area contributed by atoms with Crippen molar-refractivity contribution in [2.45, 2.75) is 39.7 Å². The molecule has 1 aliphatic heterocycles. The minimum absolute atomic E-state index is 0.0645. The normalized spacial score (nSPS) is 18.1. The molecule has 1 saturated heterocycles. The van der Waals surface area contributed by atoms with Gasteiger partial charge < -0.3 is 10.2 Å². The number of nitrogens with one attached hydrogen (secondary N) is 1. The zero-order valence-electron chi connectivity index (χ0n) is 16.0. The summed E-state index contributed by atoms with van der Waals surface area (Å²) in [5.74, 6) is 0.898. The molecule has 2 aromatic heterocycles. The van der Waals surface area contributed by atoms with E-state index < -0.39 is 0 Å². The molecule has 2 fully saturated rings. The average molecular weight is 388 g/mol. The summed E-state index contributed by atoms with van der Waals surface area (Å²) >= 11 is 1.46. The Balaban J connectivity index is 1.42. The van der Waals surface area contributed by atoms with Gasteiger partial charge in [-0.15, -0.1) is 11.3 Å². The summed E-state index contributed by atoms with van der Waals surface area (Å²) in [6.07, 6.45) is 2.21. The fourth-order valence-corrected chi connectivity index (χ4v) is 4.88. The molecule has 1 saturated carbocycles. The SMILES string of the molecule is Cc1nc(C)c2c(C)c(C(=O)N3CCN(CC(=O)NC4CC4)CC3)sc2n1. The first kappa shape index (κ1) is 18.3. The fraction of sp³-hybridized carbons (Fsp3) is 0.579. The summed E-state index contributed by atoms with van der Waals surface area (Å²) in [6.45, 7) is 9.00. The predicted molar refractivity (Wildman–Crippen MR) is 105 cm³/mol. The lowest BCUT2D eigenvalue weighted by Crippen LogP contribution is -2.51. The number of aryl methyl sites for hydroxylation is 3. The van der Waals surface area contributed by atoms with Gasteiger partial charge in [0.05, 0.1) is 11.4 Å². The Kier molecular flexibility index (Phi) is 4.86. The van der Waals surface area contributed by atoms with Crippen LogP contribution in [0.25, 0.3) is 10.2 Å². The zero-order chi connectivity index (χ0) is 19.1. The molecule has 0 aromatic carbocycles. The standard InChI is InChI=1S/C19H25N5O2S/c1-11-16-12(2)20-13(3)21-18(16)27-17(11)19(26)24-8-6-23(7-9-24)10-15(25)22-14-4-5-14/h14H,4-10H2,1-3H3,(H,22,25). The van der Waals surface area contributed by atoms with Crippen LogP contribution in [0.2, 0.25) is 0 Å². The van der Waals surface area contributed by atoms with Crippen LogP contribution in [0.3, 0.4) is 0 Å². The van der Waals surface area contributed by atoms with Crippen LogP contribution < -0.4 is 5.32 Å². The van der Waals surface area contributed by atoms with Crippen molar-refractivity contribution < 1.29 is 9.59 Å². The Bertz CT molecular complexity index is 897. The first-order valence-electron chi connectivity index (χ1n) is 9.47. The Morgan fingerprint density at radius 2 is 1.81 bits per heavy atom. The molecule has 2 amide bonds. The van der Waals surface area contributed by atoms with E-state index in [2.05, 4.69) is 20.2 Å². The van der Waals surface area contributed by atoms with Crippen molar-refractivity contribution in [1.29, 1.82) is 0 Å². The number of hydrogen-bond acceptors (Lipinski definition) is 6. The molecule has 2 aromatic rings. The van der Waals surface area contributed by atoms with E-state index in [0.29, 0.717) is 25.7 Å². The quantitative estimate of drug-likeness (QED) is 0.863. The van der Waals surface area contributed by atoms with E-state index in [1.165, 1.54) is 11.3 Å². The minimum Gasteiger partial charge on any atom is -0.352 e. The molecule has 3 heterocycles. The molecule has 27 heavy (non-hydrogen) atoms. The number of amides is 2. The minimum atomic E-state index is 0.0645. The van der Waals surface area contributed by atoms with E-state index >= 15 is 0 Å². The molecular weight excluding hydrogens is 362 g/mol. The molecule has 8 heteroatoms. The summed E-state index contributed by atoms with van der Waals surface area (Å²) in [5, 5.41) is 4.02. The molecule has 1 N–H and O–H groups in total. The molecule has 0 bridgehead atoms. The van der Waals surface area contributed by atoms with E-state index in [1.807, 2.05) is 25.7 Å². The third-order valence-electron chi connectivity index (χ3n) is 5.25. The predicted octanol–water partition coefficient (Wildman–Crippen LogP) is 1.65. The molecular formula is C19H25N5O2S. The molecule has 4 rings (SSSR count). The lowest BCUT2D eigenvalue weighted by molar-refractivity contribution is -0.122. The molecule has 0 unspecified atom stereocenters. The number of carbonyl (C=O) groups excluding carboxylic acids is 2. The second-order valence-corrected chi connectivity index (χ2v) is 8.50. The molecule has 0 atom stereocenters. The summed E-state index contributed by atoms with van der Waals surface area (Å²) in [7, 11) is 0. The number of thiophene rings is 1. The molecule has 1 aliphatic carbocycles. The fourth-order valence-electron chi connectivity index (χ4n) is 3.63.